The molecule has 0 spiro atoms. The van der Waals surface area contributed by atoms with Crippen LogP contribution in [0.15, 0.2) is 41.5 Å². The number of ketones is 2. The smallest absolute Gasteiger partial charge is 0.170 e. The fourth-order valence-corrected chi connectivity index (χ4v) is 7.06. The van der Waals surface area contributed by atoms with Gasteiger partial charge in [0.1, 0.15) is 0 Å². The second kappa shape index (κ2) is 8.61. The van der Waals surface area contributed by atoms with Crippen LogP contribution in [0.2, 0.25) is 0 Å². The molecule has 0 saturated heterocycles. The summed E-state index contributed by atoms with van der Waals surface area (Å²) in [6, 6.07) is 6.17. The first kappa shape index (κ1) is 25.1. The van der Waals surface area contributed by atoms with Crippen LogP contribution < -0.4 is 0 Å². The minimum absolute atomic E-state index is 0.00115. The first-order valence-electron chi connectivity index (χ1n) is 13.4. The third-order valence-electron chi connectivity index (χ3n) is 9.61. The van der Waals surface area contributed by atoms with Gasteiger partial charge in [0.15, 0.2) is 11.6 Å². The molecule has 0 aromatic heterocycles. The predicted octanol–water partition coefficient (Wildman–Crippen LogP) is 8.14. The van der Waals surface area contributed by atoms with Crippen LogP contribution in [0.3, 0.4) is 0 Å². The summed E-state index contributed by atoms with van der Waals surface area (Å²) in [4.78, 5) is 26.5. The van der Waals surface area contributed by atoms with E-state index in [1.165, 1.54) is 29.5 Å². The maximum atomic E-state index is 13.3. The SMILES string of the molecule is CCC1CC(C)(C)C2=CC=C(C(=O)CC(=O)c3ccc4c(c3)C(C)(C)CCC4(C)C)CC2C1C. The average Bonchev–Trinajstić information content (AvgIpc) is 2.78. The first-order chi connectivity index (χ1) is 15.8. The molecular formula is C32H44O2. The standard InChI is InChI=1S/C32H44O2/c1-9-21-19-32(7,8)25-12-10-22(16-24(25)20(21)2)28(33)18-29(34)23-11-13-26-27(17-23)31(5,6)15-14-30(26,3)4/h10-13,17,20-21,24H,9,14-16,18-19H2,1-8H3. The third-order valence-corrected chi connectivity index (χ3v) is 9.61. The van der Waals surface area contributed by atoms with Crippen molar-refractivity contribution in [1.82, 2.24) is 0 Å². The molecule has 1 saturated carbocycles. The van der Waals surface area contributed by atoms with E-state index in [0.29, 0.717) is 23.3 Å². The highest BCUT2D eigenvalue weighted by molar-refractivity contribution is 6.13. The van der Waals surface area contributed by atoms with E-state index in [4.69, 9.17) is 0 Å². The zero-order valence-electron chi connectivity index (χ0n) is 22.7. The van der Waals surface area contributed by atoms with E-state index in [1.54, 1.807) is 0 Å². The van der Waals surface area contributed by atoms with E-state index in [2.05, 4.69) is 73.6 Å². The van der Waals surface area contributed by atoms with Gasteiger partial charge in [-0.2, -0.15) is 0 Å². The van der Waals surface area contributed by atoms with Gasteiger partial charge in [-0.1, -0.05) is 91.7 Å². The van der Waals surface area contributed by atoms with Crippen LogP contribution in [-0.2, 0) is 15.6 Å². The molecule has 1 aromatic carbocycles. The lowest BCUT2D eigenvalue weighted by Crippen LogP contribution is -2.39. The monoisotopic (exact) mass is 460 g/mol. The first-order valence-corrected chi connectivity index (χ1v) is 13.4. The van der Waals surface area contributed by atoms with Crippen LogP contribution in [0.4, 0.5) is 0 Å². The Hall–Kier alpha value is -1.96. The van der Waals surface area contributed by atoms with E-state index >= 15 is 0 Å². The Bertz CT molecular complexity index is 1060. The number of hydrogen-bond acceptors (Lipinski definition) is 2. The van der Waals surface area contributed by atoms with E-state index in [-0.39, 0.29) is 34.2 Å². The number of carbonyl (C=O) groups is 2. The van der Waals surface area contributed by atoms with Crippen molar-refractivity contribution in [2.24, 2.45) is 23.2 Å². The number of hydrogen-bond donors (Lipinski definition) is 0. The Balaban J connectivity index is 1.55. The summed E-state index contributed by atoms with van der Waals surface area (Å²) in [5.74, 6) is 1.63. The molecule has 3 aliphatic carbocycles. The van der Waals surface area contributed by atoms with E-state index in [1.807, 2.05) is 12.1 Å². The number of rotatable bonds is 5. The van der Waals surface area contributed by atoms with Gasteiger partial charge >= 0.3 is 0 Å². The Kier molecular flexibility index (Phi) is 6.37. The molecule has 0 amide bonds. The summed E-state index contributed by atoms with van der Waals surface area (Å²) in [6.07, 6.45) is 9.64. The summed E-state index contributed by atoms with van der Waals surface area (Å²) in [6.45, 7) is 18.5. The Morgan fingerprint density at radius 2 is 1.53 bits per heavy atom. The molecule has 0 radical (unpaired) electrons. The van der Waals surface area contributed by atoms with Crippen LogP contribution in [0, 0.1) is 23.2 Å². The van der Waals surface area contributed by atoms with Crippen LogP contribution in [0.1, 0.15) is 115 Å². The Labute approximate surface area is 207 Å². The molecule has 1 fully saturated rings. The molecule has 0 bridgehead atoms. The highest BCUT2D eigenvalue weighted by atomic mass is 16.1. The lowest BCUT2D eigenvalue weighted by molar-refractivity contribution is -0.115. The number of Topliss-reactive ketones (excluding diaryl/α,β-unsaturated/α-hetero) is 2. The molecule has 34 heavy (non-hydrogen) atoms. The summed E-state index contributed by atoms with van der Waals surface area (Å²) < 4.78 is 0. The highest BCUT2D eigenvalue weighted by Gasteiger charge is 2.43. The Morgan fingerprint density at radius 1 is 0.882 bits per heavy atom. The van der Waals surface area contributed by atoms with Gasteiger partial charge in [0.05, 0.1) is 6.42 Å². The largest absolute Gasteiger partial charge is 0.294 e. The fourth-order valence-electron chi connectivity index (χ4n) is 7.06. The molecule has 0 aliphatic heterocycles. The minimum Gasteiger partial charge on any atom is -0.294 e. The van der Waals surface area contributed by atoms with Gasteiger partial charge in [-0.3, -0.25) is 9.59 Å². The normalized spacial score (nSPS) is 28.8. The summed E-state index contributed by atoms with van der Waals surface area (Å²) in [5, 5.41) is 0. The molecule has 0 N–H and O–H groups in total. The summed E-state index contributed by atoms with van der Waals surface area (Å²) >= 11 is 0. The van der Waals surface area contributed by atoms with Crippen LogP contribution in [0.5, 0.6) is 0 Å². The topological polar surface area (TPSA) is 34.1 Å². The predicted molar refractivity (Wildman–Crippen MR) is 141 cm³/mol. The number of fused-ring (bicyclic) bond motifs is 2. The van der Waals surface area contributed by atoms with Gasteiger partial charge in [-0.05, 0) is 82.4 Å². The van der Waals surface area contributed by atoms with Crippen molar-refractivity contribution in [2.45, 2.75) is 105 Å². The van der Waals surface area contributed by atoms with Gasteiger partial charge in [-0.25, -0.2) is 0 Å². The van der Waals surface area contributed by atoms with Gasteiger partial charge < -0.3 is 0 Å². The van der Waals surface area contributed by atoms with Crippen molar-refractivity contribution in [3.05, 3.63) is 58.2 Å². The van der Waals surface area contributed by atoms with Crippen molar-refractivity contribution >= 4 is 11.6 Å². The van der Waals surface area contributed by atoms with Crippen molar-refractivity contribution in [3.63, 3.8) is 0 Å². The molecule has 3 atom stereocenters. The second-order valence-electron chi connectivity index (χ2n) is 13.3. The maximum absolute atomic E-state index is 13.3. The lowest BCUT2D eigenvalue weighted by Gasteiger charge is -2.48. The lowest BCUT2D eigenvalue weighted by atomic mass is 9.56. The second-order valence-corrected chi connectivity index (χ2v) is 13.3. The van der Waals surface area contributed by atoms with Crippen LogP contribution >= 0.6 is 0 Å². The zero-order chi connectivity index (χ0) is 25.1. The third kappa shape index (κ3) is 4.38. The quantitative estimate of drug-likeness (QED) is 0.328. The summed E-state index contributed by atoms with van der Waals surface area (Å²) in [5.41, 5.74) is 5.99. The molecule has 2 heteroatoms. The van der Waals surface area contributed by atoms with Gasteiger partial charge in [0.2, 0.25) is 0 Å². The minimum atomic E-state index is -0.0499. The van der Waals surface area contributed by atoms with Crippen LogP contribution in [-0.4, -0.2) is 11.6 Å². The highest BCUT2D eigenvalue weighted by Crippen LogP contribution is 2.53. The van der Waals surface area contributed by atoms with Crippen molar-refractivity contribution in [2.75, 3.05) is 0 Å². The number of allylic oxidation sites excluding steroid dienone is 4. The molecule has 3 aliphatic rings. The molecule has 184 valence electrons. The number of benzene rings is 1. The van der Waals surface area contributed by atoms with Crippen LogP contribution in [0.25, 0.3) is 0 Å². The summed E-state index contributed by atoms with van der Waals surface area (Å²) in [7, 11) is 0. The van der Waals surface area contributed by atoms with E-state index < -0.39 is 0 Å². The van der Waals surface area contributed by atoms with Gasteiger partial charge in [0, 0.05) is 5.56 Å². The van der Waals surface area contributed by atoms with Gasteiger partial charge in [-0.15, -0.1) is 0 Å². The van der Waals surface area contributed by atoms with E-state index in [9.17, 15) is 9.59 Å². The molecule has 4 rings (SSSR count). The van der Waals surface area contributed by atoms with Crippen molar-refractivity contribution in [3.8, 4) is 0 Å². The molecular weight excluding hydrogens is 416 g/mol. The van der Waals surface area contributed by atoms with Crippen molar-refractivity contribution in [1.29, 1.82) is 0 Å². The van der Waals surface area contributed by atoms with Gasteiger partial charge in [0.25, 0.3) is 0 Å². The molecule has 2 nitrogen and oxygen atoms in total. The maximum Gasteiger partial charge on any atom is 0.170 e. The number of carbonyl (C=O) groups excluding carboxylic acids is 2. The molecule has 3 unspecified atom stereocenters. The van der Waals surface area contributed by atoms with Crippen molar-refractivity contribution < 1.29 is 9.59 Å². The average molecular weight is 461 g/mol. The molecule has 0 heterocycles. The Morgan fingerprint density at radius 3 is 2.18 bits per heavy atom. The van der Waals surface area contributed by atoms with E-state index in [0.717, 1.165) is 24.8 Å². The molecule has 1 aromatic rings. The zero-order valence-corrected chi connectivity index (χ0v) is 22.7. The fraction of sp³-hybridized carbons (Fsp3) is 0.625.